The molecule has 1 spiro atoms. The quantitative estimate of drug-likeness (QED) is 0.450. The van der Waals surface area contributed by atoms with Crippen molar-refractivity contribution in [2.24, 2.45) is 0 Å². The Morgan fingerprint density at radius 1 is 1.29 bits per heavy atom. The van der Waals surface area contributed by atoms with Crippen molar-refractivity contribution in [1.29, 1.82) is 0 Å². The number of piperidine rings is 1. The number of aryl methyl sites for hydroxylation is 1. The molecule has 0 aromatic carbocycles. The Hall–Kier alpha value is -2.46. The molecule has 0 unspecified atom stereocenters. The lowest BCUT2D eigenvalue weighted by Crippen LogP contribution is -2.55. The van der Waals surface area contributed by atoms with E-state index in [0.717, 1.165) is 4.88 Å². The second-order valence-corrected chi connectivity index (χ2v) is 8.52. The lowest BCUT2D eigenvalue weighted by Gasteiger charge is -2.37. The molecule has 146 valence electrons. The molecule has 2 aliphatic heterocycles. The molecular formula is C18H19N5O3S2. The van der Waals surface area contributed by atoms with Gasteiger partial charge in [-0.15, -0.1) is 23.1 Å². The number of carbonyl (C=O) groups is 3. The van der Waals surface area contributed by atoms with Crippen LogP contribution in [0.4, 0.5) is 4.79 Å². The van der Waals surface area contributed by atoms with Gasteiger partial charge in [-0.2, -0.15) is 0 Å². The number of aromatic nitrogens is 2. The van der Waals surface area contributed by atoms with Gasteiger partial charge in [-0.1, -0.05) is 6.07 Å². The molecule has 2 saturated heterocycles. The molecule has 0 bridgehead atoms. The Bertz CT molecular complexity index is 952. The largest absolute Gasteiger partial charge is 0.338 e. The van der Waals surface area contributed by atoms with Gasteiger partial charge >= 0.3 is 6.03 Å². The molecule has 0 aliphatic carbocycles. The Balaban J connectivity index is 1.57. The number of thioether (sulfide) groups is 1. The SMILES string of the molecule is CSc1nc(-c2cccs2)nc(C)c1C(=O)N1CCC2(CC1)NC(=O)NC2=O. The Morgan fingerprint density at radius 2 is 2.04 bits per heavy atom. The maximum Gasteiger partial charge on any atom is 0.322 e. The number of amides is 4. The van der Waals surface area contributed by atoms with Crippen LogP contribution in [0.2, 0.25) is 0 Å². The highest BCUT2D eigenvalue weighted by Crippen LogP contribution is 2.30. The lowest BCUT2D eigenvalue weighted by atomic mass is 9.87. The number of rotatable bonds is 3. The first-order chi connectivity index (χ1) is 13.4. The molecule has 10 heteroatoms. The van der Waals surface area contributed by atoms with Crippen LogP contribution in [0.15, 0.2) is 22.5 Å². The van der Waals surface area contributed by atoms with E-state index in [9.17, 15) is 14.4 Å². The average molecular weight is 418 g/mol. The molecule has 2 fully saturated rings. The van der Waals surface area contributed by atoms with Crippen molar-refractivity contribution in [1.82, 2.24) is 25.5 Å². The van der Waals surface area contributed by atoms with Gasteiger partial charge in [0.25, 0.3) is 11.8 Å². The van der Waals surface area contributed by atoms with Crippen molar-refractivity contribution < 1.29 is 14.4 Å². The summed E-state index contributed by atoms with van der Waals surface area (Å²) in [5, 5.41) is 7.61. The second-order valence-electron chi connectivity index (χ2n) is 6.78. The fourth-order valence-electron chi connectivity index (χ4n) is 3.59. The van der Waals surface area contributed by atoms with Gasteiger partial charge in [0, 0.05) is 13.1 Å². The third-order valence-corrected chi connectivity index (χ3v) is 6.67. The predicted octanol–water partition coefficient (Wildman–Crippen LogP) is 2.05. The fraction of sp³-hybridized carbons (Fsp3) is 0.389. The maximum atomic E-state index is 13.2. The van der Waals surface area contributed by atoms with Crippen molar-refractivity contribution in [3.05, 3.63) is 28.8 Å². The molecule has 2 aromatic rings. The van der Waals surface area contributed by atoms with Gasteiger partial charge < -0.3 is 10.2 Å². The van der Waals surface area contributed by atoms with E-state index in [4.69, 9.17) is 0 Å². The minimum atomic E-state index is -0.898. The molecule has 4 heterocycles. The van der Waals surface area contributed by atoms with Crippen LogP contribution in [0, 0.1) is 6.92 Å². The standard InChI is InChI=1S/C18H19N5O3S2/c1-10-12(14(27-2)20-13(19-10)11-4-3-9-28-11)15(24)23-7-5-18(6-8-23)16(25)21-17(26)22-18/h3-4,9H,5-8H2,1-2H3,(H2,21,22,25,26). The van der Waals surface area contributed by atoms with Crippen LogP contribution in [0.25, 0.3) is 10.7 Å². The topological polar surface area (TPSA) is 104 Å². The highest BCUT2D eigenvalue weighted by Gasteiger charge is 2.48. The summed E-state index contributed by atoms with van der Waals surface area (Å²) in [5.74, 6) is 0.171. The summed E-state index contributed by atoms with van der Waals surface area (Å²) in [6, 6.07) is 3.43. The van der Waals surface area contributed by atoms with Crippen LogP contribution in [-0.4, -0.2) is 57.6 Å². The minimum absolute atomic E-state index is 0.140. The predicted molar refractivity (Wildman–Crippen MR) is 106 cm³/mol. The third-order valence-electron chi connectivity index (χ3n) is 5.12. The zero-order valence-electron chi connectivity index (χ0n) is 15.4. The van der Waals surface area contributed by atoms with E-state index in [2.05, 4.69) is 20.6 Å². The van der Waals surface area contributed by atoms with Gasteiger partial charge in [0.1, 0.15) is 10.6 Å². The highest BCUT2D eigenvalue weighted by molar-refractivity contribution is 7.98. The van der Waals surface area contributed by atoms with Crippen LogP contribution in [-0.2, 0) is 4.79 Å². The highest BCUT2D eigenvalue weighted by atomic mass is 32.2. The average Bonchev–Trinajstić information content (AvgIpc) is 3.30. The number of carbonyl (C=O) groups excluding carboxylic acids is 3. The Morgan fingerprint density at radius 3 is 2.61 bits per heavy atom. The lowest BCUT2D eigenvalue weighted by molar-refractivity contribution is -0.125. The molecule has 2 aromatic heterocycles. The summed E-state index contributed by atoms with van der Waals surface area (Å²) in [4.78, 5) is 48.6. The van der Waals surface area contributed by atoms with Gasteiger partial charge in [-0.3, -0.25) is 14.9 Å². The number of urea groups is 1. The number of thiophene rings is 1. The molecule has 2 aliphatic rings. The van der Waals surface area contributed by atoms with Crippen molar-refractivity contribution >= 4 is 40.9 Å². The molecule has 4 rings (SSSR count). The first-order valence-corrected chi connectivity index (χ1v) is 10.9. The molecule has 2 N–H and O–H groups in total. The first-order valence-electron chi connectivity index (χ1n) is 8.83. The summed E-state index contributed by atoms with van der Waals surface area (Å²) in [5.41, 5.74) is 0.244. The van der Waals surface area contributed by atoms with Crippen LogP contribution in [0.1, 0.15) is 28.9 Å². The smallest absolute Gasteiger partial charge is 0.322 e. The zero-order chi connectivity index (χ0) is 19.9. The van der Waals surface area contributed by atoms with Gasteiger partial charge in [0.15, 0.2) is 5.82 Å². The van der Waals surface area contributed by atoms with Crippen LogP contribution in [0.3, 0.4) is 0 Å². The normalized spacial score (nSPS) is 18.3. The number of hydrogen-bond donors (Lipinski definition) is 2. The van der Waals surface area contributed by atoms with Crippen molar-refractivity contribution in [2.45, 2.75) is 30.3 Å². The monoisotopic (exact) mass is 417 g/mol. The van der Waals surface area contributed by atoms with E-state index >= 15 is 0 Å². The second kappa shape index (κ2) is 7.17. The van der Waals surface area contributed by atoms with Crippen molar-refractivity contribution in [3.8, 4) is 10.7 Å². The third kappa shape index (κ3) is 3.16. The Kier molecular flexibility index (Phi) is 4.84. The van der Waals surface area contributed by atoms with E-state index in [1.54, 1.807) is 16.2 Å². The van der Waals surface area contributed by atoms with Gasteiger partial charge in [-0.25, -0.2) is 14.8 Å². The van der Waals surface area contributed by atoms with Crippen LogP contribution >= 0.6 is 23.1 Å². The summed E-state index contributed by atoms with van der Waals surface area (Å²) < 4.78 is 0. The van der Waals surface area contributed by atoms with E-state index < -0.39 is 11.6 Å². The summed E-state index contributed by atoms with van der Waals surface area (Å²) in [6.45, 7) is 2.58. The van der Waals surface area contributed by atoms with E-state index in [0.29, 0.717) is 48.0 Å². The maximum absolute atomic E-state index is 13.2. The number of hydrogen-bond acceptors (Lipinski definition) is 7. The molecule has 4 amide bonds. The first kappa shape index (κ1) is 18.9. The van der Waals surface area contributed by atoms with Crippen molar-refractivity contribution in [3.63, 3.8) is 0 Å². The molecule has 0 radical (unpaired) electrons. The molecule has 0 atom stereocenters. The number of likely N-dealkylation sites (tertiary alicyclic amines) is 1. The molecule has 0 saturated carbocycles. The molecular weight excluding hydrogens is 398 g/mol. The van der Waals surface area contributed by atoms with Crippen LogP contribution in [0.5, 0.6) is 0 Å². The Labute approximate surface area is 170 Å². The van der Waals surface area contributed by atoms with Gasteiger partial charge in [-0.05, 0) is 37.5 Å². The van der Waals surface area contributed by atoms with E-state index in [1.807, 2.05) is 30.7 Å². The summed E-state index contributed by atoms with van der Waals surface area (Å²) >= 11 is 2.97. The molecule has 28 heavy (non-hydrogen) atoms. The van der Waals surface area contributed by atoms with E-state index in [1.165, 1.54) is 11.8 Å². The van der Waals surface area contributed by atoms with Gasteiger partial charge in [0.2, 0.25) is 0 Å². The number of nitrogens with zero attached hydrogens (tertiary/aromatic N) is 3. The molecule has 8 nitrogen and oxygen atoms in total. The summed E-state index contributed by atoms with van der Waals surface area (Å²) in [7, 11) is 0. The summed E-state index contributed by atoms with van der Waals surface area (Å²) in [6.07, 6.45) is 2.66. The number of imide groups is 1. The van der Waals surface area contributed by atoms with E-state index in [-0.39, 0.29) is 11.8 Å². The fourth-order valence-corrected chi connectivity index (χ4v) is 4.86. The van der Waals surface area contributed by atoms with Gasteiger partial charge in [0.05, 0.1) is 16.1 Å². The number of nitrogens with one attached hydrogen (secondary N) is 2. The van der Waals surface area contributed by atoms with Crippen LogP contribution < -0.4 is 10.6 Å². The minimum Gasteiger partial charge on any atom is -0.338 e. The van der Waals surface area contributed by atoms with Crippen molar-refractivity contribution in [2.75, 3.05) is 19.3 Å². The zero-order valence-corrected chi connectivity index (χ0v) is 17.1.